The van der Waals surface area contributed by atoms with Crippen molar-refractivity contribution in [2.24, 2.45) is 5.41 Å². The summed E-state index contributed by atoms with van der Waals surface area (Å²) in [5.41, 5.74) is 0.504. The number of aliphatic hydroxyl groups excluding tert-OH is 1. The molecule has 0 aromatic heterocycles. The number of amides is 1. The molecule has 0 aliphatic heterocycles. The van der Waals surface area contributed by atoms with E-state index < -0.39 is 5.92 Å². The Morgan fingerprint density at radius 1 is 1.29 bits per heavy atom. The Balaban J connectivity index is 1.98. The van der Waals surface area contributed by atoms with Gasteiger partial charge in [-0.3, -0.25) is 4.79 Å². The Labute approximate surface area is 125 Å². The van der Waals surface area contributed by atoms with Gasteiger partial charge in [0.2, 0.25) is 5.91 Å². The molecule has 1 aromatic rings. The molecule has 2 rings (SSSR count). The zero-order valence-corrected chi connectivity index (χ0v) is 12.2. The molecule has 1 aliphatic carbocycles. The second-order valence-electron chi connectivity index (χ2n) is 5.91. The van der Waals surface area contributed by atoms with Gasteiger partial charge in [-0.15, -0.1) is 0 Å². The Kier molecular flexibility index (Phi) is 5.35. The number of nitrogens with one attached hydrogen (secondary N) is 1. The van der Waals surface area contributed by atoms with E-state index in [9.17, 15) is 15.2 Å². The third kappa shape index (κ3) is 3.83. The van der Waals surface area contributed by atoms with Gasteiger partial charge in [0.15, 0.2) is 0 Å². The van der Waals surface area contributed by atoms with E-state index in [0.29, 0.717) is 12.1 Å². The Morgan fingerprint density at radius 2 is 1.95 bits per heavy atom. The molecule has 0 spiro atoms. The van der Waals surface area contributed by atoms with Crippen LogP contribution in [0.4, 0.5) is 0 Å². The Hall–Kier alpha value is -1.86. The topological polar surface area (TPSA) is 73.1 Å². The van der Waals surface area contributed by atoms with Crippen molar-refractivity contribution in [2.45, 2.75) is 38.0 Å². The lowest BCUT2D eigenvalue weighted by Crippen LogP contribution is -2.42. The fraction of sp³-hybridized carbons (Fsp3) is 0.529. The molecule has 1 aliphatic rings. The predicted molar refractivity (Wildman–Crippen MR) is 80.4 cm³/mol. The van der Waals surface area contributed by atoms with Crippen LogP contribution < -0.4 is 5.32 Å². The molecule has 1 fully saturated rings. The molecular formula is C17H22N2O2. The van der Waals surface area contributed by atoms with Crippen LogP contribution in [0, 0.1) is 16.7 Å². The molecule has 1 amide bonds. The van der Waals surface area contributed by atoms with Crippen molar-refractivity contribution in [2.75, 3.05) is 13.2 Å². The number of aliphatic hydroxyl groups is 1. The van der Waals surface area contributed by atoms with Crippen molar-refractivity contribution in [1.82, 2.24) is 5.32 Å². The second-order valence-corrected chi connectivity index (χ2v) is 5.91. The molecule has 112 valence electrons. The van der Waals surface area contributed by atoms with E-state index in [2.05, 4.69) is 11.4 Å². The first-order chi connectivity index (χ1) is 10.2. The quantitative estimate of drug-likeness (QED) is 0.872. The van der Waals surface area contributed by atoms with Gasteiger partial charge in [-0.2, -0.15) is 5.26 Å². The van der Waals surface area contributed by atoms with Gasteiger partial charge in [-0.1, -0.05) is 49.6 Å². The zero-order valence-electron chi connectivity index (χ0n) is 12.2. The van der Waals surface area contributed by atoms with Crippen LogP contribution in [0.2, 0.25) is 0 Å². The monoisotopic (exact) mass is 286 g/mol. The van der Waals surface area contributed by atoms with Crippen molar-refractivity contribution >= 4 is 5.91 Å². The third-order valence-electron chi connectivity index (χ3n) is 4.41. The molecule has 1 aromatic carbocycles. The number of rotatable bonds is 5. The summed E-state index contributed by atoms with van der Waals surface area (Å²) in [4.78, 5) is 12.3. The van der Waals surface area contributed by atoms with E-state index in [1.807, 2.05) is 18.2 Å². The van der Waals surface area contributed by atoms with Crippen LogP contribution >= 0.6 is 0 Å². The van der Waals surface area contributed by atoms with Gasteiger partial charge in [0.25, 0.3) is 0 Å². The molecular weight excluding hydrogens is 264 g/mol. The molecule has 2 N–H and O–H groups in total. The highest BCUT2D eigenvalue weighted by Crippen LogP contribution is 2.35. The predicted octanol–water partition coefficient (Wildman–Crippen LogP) is 2.35. The standard InChI is InChI=1S/C17H22N2O2/c18-11-15(14-7-3-1-4-8-14)16(21)19-12-17(13-20)9-5-2-6-10-17/h1,3-4,7-8,15,20H,2,5-6,9-10,12-13H2,(H,19,21). The van der Waals surface area contributed by atoms with Gasteiger partial charge in [-0.25, -0.2) is 0 Å². The zero-order chi connectivity index (χ0) is 15.1. The van der Waals surface area contributed by atoms with Gasteiger partial charge in [0.1, 0.15) is 5.92 Å². The van der Waals surface area contributed by atoms with Crippen LogP contribution in [0.1, 0.15) is 43.6 Å². The van der Waals surface area contributed by atoms with E-state index in [1.165, 1.54) is 6.42 Å². The smallest absolute Gasteiger partial charge is 0.241 e. The molecule has 1 atom stereocenters. The molecule has 1 saturated carbocycles. The molecule has 0 saturated heterocycles. The van der Waals surface area contributed by atoms with E-state index in [0.717, 1.165) is 25.7 Å². The lowest BCUT2D eigenvalue weighted by Gasteiger charge is -2.35. The van der Waals surface area contributed by atoms with Gasteiger partial charge < -0.3 is 10.4 Å². The summed E-state index contributed by atoms with van der Waals surface area (Å²) in [6, 6.07) is 11.1. The first-order valence-electron chi connectivity index (χ1n) is 7.54. The number of nitrogens with zero attached hydrogens (tertiary/aromatic N) is 1. The van der Waals surface area contributed by atoms with Gasteiger partial charge in [0.05, 0.1) is 12.7 Å². The van der Waals surface area contributed by atoms with Crippen molar-refractivity contribution in [3.8, 4) is 6.07 Å². The number of nitriles is 1. The van der Waals surface area contributed by atoms with Crippen LogP contribution in [-0.2, 0) is 4.79 Å². The lowest BCUT2D eigenvalue weighted by atomic mass is 9.74. The third-order valence-corrected chi connectivity index (χ3v) is 4.41. The highest BCUT2D eigenvalue weighted by Gasteiger charge is 2.32. The fourth-order valence-corrected chi connectivity index (χ4v) is 3.00. The minimum Gasteiger partial charge on any atom is -0.396 e. The maximum atomic E-state index is 12.3. The summed E-state index contributed by atoms with van der Waals surface area (Å²) < 4.78 is 0. The second kappa shape index (κ2) is 7.24. The lowest BCUT2D eigenvalue weighted by molar-refractivity contribution is -0.122. The SMILES string of the molecule is N#CC(C(=O)NCC1(CO)CCCCC1)c1ccccc1. The number of hydrogen-bond donors (Lipinski definition) is 2. The van der Waals surface area contributed by atoms with Crippen LogP contribution in [0.25, 0.3) is 0 Å². The van der Waals surface area contributed by atoms with E-state index in [1.54, 1.807) is 12.1 Å². The first kappa shape index (κ1) is 15.5. The molecule has 0 heterocycles. The van der Waals surface area contributed by atoms with Crippen molar-refractivity contribution in [3.05, 3.63) is 35.9 Å². The van der Waals surface area contributed by atoms with E-state index in [4.69, 9.17) is 0 Å². The first-order valence-corrected chi connectivity index (χ1v) is 7.54. The summed E-state index contributed by atoms with van der Waals surface area (Å²) in [7, 11) is 0. The summed E-state index contributed by atoms with van der Waals surface area (Å²) >= 11 is 0. The van der Waals surface area contributed by atoms with Crippen LogP contribution in [0.15, 0.2) is 30.3 Å². The molecule has 21 heavy (non-hydrogen) atoms. The summed E-state index contributed by atoms with van der Waals surface area (Å²) in [6.07, 6.45) is 5.26. The number of carbonyl (C=O) groups excluding carboxylic acids is 1. The molecule has 0 radical (unpaired) electrons. The Bertz CT molecular complexity index is 501. The van der Waals surface area contributed by atoms with Crippen molar-refractivity contribution in [3.63, 3.8) is 0 Å². The molecule has 1 unspecified atom stereocenters. The van der Waals surface area contributed by atoms with Crippen LogP contribution in [0.3, 0.4) is 0 Å². The molecule has 4 nitrogen and oxygen atoms in total. The van der Waals surface area contributed by atoms with Gasteiger partial charge >= 0.3 is 0 Å². The van der Waals surface area contributed by atoms with Crippen LogP contribution in [0.5, 0.6) is 0 Å². The minimum absolute atomic E-state index is 0.0931. The summed E-state index contributed by atoms with van der Waals surface area (Å²) in [6.45, 7) is 0.545. The van der Waals surface area contributed by atoms with Gasteiger partial charge in [-0.05, 0) is 18.4 Å². The maximum Gasteiger partial charge on any atom is 0.241 e. The van der Waals surface area contributed by atoms with Crippen molar-refractivity contribution in [1.29, 1.82) is 5.26 Å². The normalized spacial score (nSPS) is 18.5. The Morgan fingerprint density at radius 3 is 2.52 bits per heavy atom. The molecule has 4 heteroatoms. The van der Waals surface area contributed by atoms with Crippen molar-refractivity contribution < 1.29 is 9.90 Å². The largest absolute Gasteiger partial charge is 0.396 e. The highest BCUT2D eigenvalue weighted by molar-refractivity contribution is 5.86. The summed E-state index contributed by atoms with van der Waals surface area (Å²) in [5.74, 6) is -1.06. The highest BCUT2D eigenvalue weighted by atomic mass is 16.3. The van der Waals surface area contributed by atoms with Crippen LogP contribution in [-0.4, -0.2) is 24.2 Å². The average molecular weight is 286 g/mol. The summed E-state index contributed by atoms with van der Waals surface area (Å²) in [5, 5.41) is 21.8. The number of hydrogen-bond acceptors (Lipinski definition) is 3. The van der Waals surface area contributed by atoms with E-state index in [-0.39, 0.29) is 17.9 Å². The van der Waals surface area contributed by atoms with Gasteiger partial charge in [0, 0.05) is 12.0 Å². The maximum absolute atomic E-state index is 12.3. The number of carbonyl (C=O) groups is 1. The fourth-order valence-electron chi connectivity index (χ4n) is 3.00. The number of benzene rings is 1. The minimum atomic E-state index is -0.787. The average Bonchev–Trinajstić information content (AvgIpc) is 2.55. The molecule has 0 bridgehead atoms. The van der Waals surface area contributed by atoms with E-state index >= 15 is 0 Å².